The van der Waals surface area contributed by atoms with E-state index in [0.29, 0.717) is 19.2 Å². The second kappa shape index (κ2) is 7.87. The van der Waals surface area contributed by atoms with Gasteiger partial charge in [0.2, 0.25) is 0 Å². The largest absolute Gasteiger partial charge is 0.450 e. The molecule has 1 fully saturated rings. The van der Waals surface area contributed by atoms with E-state index in [9.17, 15) is 4.79 Å². The second-order valence-corrected chi connectivity index (χ2v) is 8.07. The van der Waals surface area contributed by atoms with Crippen LogP contribution in [0, 0.1) is 5.41 Å². The Morgan fingerprint density at radius 2 is 2.21 bits per heavy atom. The lowest BCUT2D eigenvalue weighted by Gasteiger charge is -2.21. The molecule has 0 unspecified atom stereocenters. The monoisotopic (exact) mass is 394 g/mol. The summed E-state index contributed by atoms with van der Waals surface area (Å²) in [5.74, 6) is 0. The van der Waals surface area contributed by atoms with Gasteiger partial charge in [0.15, 0.2) is 0 Å². The van der Waals surface area contributed by atoms with Crippen molar-refractivity contribution < 1.29 is 9.53 Å². The molecule has 0 saturated heterocycles. The van der Waals surface area contributed by atoms with Gasteiger partial charge in [-0.25, -0.2) is 4.79 Å². The van der Waals surface area contributed by atoms with Crippen LogP contribution in [-0.2, 0) is 11.2 Å². The summed E-state index contributed by atoms with van der Waals surface area (Å²) in [6.45, 7) is 4.28. The van der Waals surface area contributed by atoms with Crippen molar-refractivity contribution in [1.82, 2.24) is 10.6 Å². The van der Waals surface area contributed by atoms with Crippen LogP contribution < -0.4 is 10.6 Å². The molecule has 0 radical (unpaired) electrons. The molecule has 2 N–H and O–H groups in total. The molecular formula is C19H27BrN2O2. The Balaban J connectivity index is 1.43. The number of carbonyl (C=O) groups is 1. The van der Waals surface area contributed by atoms with Crippen LogP contribution in [0.3, 0.4) is 0 Å². The van der Waals surface area contributed by atoms with E-state index in [4.69, 9.17) is 4.74 Å². The first-order valence-electron chi connectivity index (χ1n) is 9.04. The van der Waals surface area contributed by atoms with Gasteiger partial charge in [-0.05, 0) is 55.4 Å². The van der Waals surface area contributed by atoms with Gasteiger partial charge in [0, 0.05) is 29.0 Å². The third-order valence-electron chi connectivity index (χ3n) is 5.20. The van der Waals surface area contributed by atoms with E-state index in [2.05, 4.69) is 51.7 Å². The van der Waals surface area contributed by atoms with E-state index < -0.39 is 0 Å². The van der Waals surface area contributed by atoms with Crippen LogP contribution in [0.4, 0.5) is 4.79 Å². The number of hydrogen-bond donors (Lipinski definition) is 2. The molecule has 5 heteroatoms. The number of amides is 1. The van der Waals surface area contributed by atoms with Crippen LogP contribution in [0.2, 0.25) is 0 Å². The Hall–Kier alpha value is -1.07. The second-order valence-electron chi connectivity index (χ2n) is 7.16. The summed E-state index contributed by atoms with van der Waals surface area (Å²) in [7, 11) is 0. The van der Waals surface area contributed by atoms with Crippen molar-refractivity contribution >= 4 is 22.0 Å². The molecule has 1 saturated carbocycles. The lowest BCUT2D eigenvalue weighted by atomic mass is 10.0. The van der Waals surface area contributed by atoms with E-state index in [1.165, 1.54) is 24.0 Å². The first kappa shape index (κ1) is 17.7. The molecular weight excluding hydrogens is 368 g/mol. The SMILES string of the molecule is CCCCOC(=O)NCC1(CN[C@@H]2CCc3cc(Br)ccc32)CC1. The fourth-order valence-electron chi connectivity index (χ4n) is 3.35. The van der Waals surface area contributed by atoms with Gasteiger partial charge in [0.1, 0.15) is 0 Å². The number of hydrogen-bond acceptors (Lipinski definition) is 3. The number of halogens is 1. The molecule has 24 heavy (non-hydrogen) atoms. The normalized spacial score (nSPS) is 20.5. The minimum atomic E-state index is -0.272. The van der Waals surface area contributed by atoms with Crippen molar-refractivity contribution in [1.29, 1.82) is 0 Å². The first-order valence-corrected chi connectivity index (χ1v) is 9.83. The van der Waals surface area contributed by atoms with Crippen molar-refractivity contribution in [3.63, 3.8) is 0 Å². The smallest absolute Gasteiger partial charge is 0.407 e. The number of ether oxygens (including phenoxy) is 1. The highest BCUT2D eigenvalue weighted by Gasteiger charge is 2.43. The highest BCUT2D eigenvalue weighted by molar-refractivity contribution is 9.10. The van der Waals surface area contributed by atoms with E-state index in [0.717, 1.165) is 36.7 Å². The van der Waals surface area contributed by atoms with Gasteiger partial charge in [-0.15, -0.1) is 0 Å². The van der Waals surface area contributed by atoms with Crippen molar-refractivity contribution in [3.8, 4) is 0 Å². The number of unbranched alkanes of at least 4 members (excludes halogenated alkanes) is 1. The molecule has 0 heterocycles. The van der Waals surface area contributed by atoms with Gasteiger partial charge in [0.05, 0.1) is 6.61 Å². The highest BCUT2D eigenvalue weighted by Crippen LogP contribution is 2.45. The van der Waals surface area contributed by atoms with Crippen LogP contribution in [0.15, 0.2) is 22.7 Å². The number of nitrogens with one attached hydrogen (secondary N) is 2. The number of carbonyl (C=O) groups excluding carboxylic acids is 1. The molecule has 1 aromatic carbocycles. The summed E-state index contributed by atoms with van der Waals surface area (Å²) in [6.07, 6.45) is 6.35. The Labute approximate surface area is 152 Å². The lowest BCUT2D eigenvalue weighted by Crippen LogP contribution is -2.37. The molecule has 1 atom stereocenters. The first-order chi connectivity index (χ1) is 11.6. The highest BCUT2D eigenvalue weighted by atomic mass is 79.9. The zero-order valence-electron chi connectivity index (χ0n) is 14.4. The molecule has 0 aromatic heterocycles. The van der Waals surface area contributed by atoms with Crippen LogP contribution in [0.25, 0.3) is 0 Å². The summed E-state index contributed by atoms with van der Waals surface area (Å²) >= 11 is 3.55. The quantitative estimate of drug-likeness (QED) is 0.644. The fraction of sp³-hybridized carbons (Fsp3) is 0.632. The standard InChI is InChI=1S/C19H27BrN2O2/c1-2-3-10-24-18(23)22-13-19(8-9-19)12-21-17-7-4-14-11-15(20)5-6-16(14)17/h5-6,11,17,21H,2-4,7-10,12-13H2,1H3,(H,22,23)/t17-/m1/s1. The van der Waals surface area contributed by atoms with Crippen LogP contribution in [-0.4, -0.2) is 25.8 Å². The average Bonchev–Trinajstić information content (AvgIpc) is 3.24. The van der Waals surface area contributed by atoms with Gasteiger partial charge in [0.25, 0.3) is 0 Å². The van der Waals surface area contributed by atoms with Gasteiger partial charge in [-0.3, -0.25) is 0 Å². The number of benzene rings is 1. The van der Waals surface area contributed by atoms with Gasteiger partial charge >= 0.3 is 6.09 Å². The molecule has 4 nitrogen and oxygen atoms in total. The summed E-state index contributed by atoms with van der Waals surface area (Å²) in [5, 5.41) is 6.67. The van der Waals surface area contributed by atoms with Crippen molar-refractivity contribution in [2.75, 3.05) is 19.7 Å². The molecule has 0 bridgehead atoms. The number of rotatable bonds is 8. The van der Waals surface area contributed by atoms with Crippen molar-refractivity contribution in [2.24, 2.45) is 5.41 Å². The molecule has 2 aliphatic carbocycles. The Morgan fingerprint density at radius 1 is 1.38 bits per heavy atom. The van der Waals surface area contributed by atoms with Crippen LogP contribution in [0.1, 0.15) is 56.2 Å². The average molecular weight is 395 g/mol. The predicted octanol–water partition coefficient (Wildman–Crippen LogP) is 4.33. The lowest BCUT2D eigenvalue weighted by molar-refractivity contribution is 0.142. The van der Waals surface area contributed by atoms with Crippen LogP contribution >= 0.6 is 15.9 Å². The molecule has 0 spiro atoms. The molecule has 132 valence electrons. The van der Waals surface area contributed by atoms with Gasteiger partial charge in [-0.1, -0.05) is 35.3 Å². The number of aryl methyl sites for hydroxylation is 1. The van der Waals surface area contributed by atoms with Crippen molar-refractivity contribution in [2.45, 2.75) is 51.5 Å². The van der Waals surface area contributed by atoms with Crippen LogP contribution in [0.5, 0.6) is 0 Å². The Morgan fingerprint density at radius 3 is 2.96 bits per heavy atom. The molecule has 1 amide bonds. The zero-order valence-corrected chi connectivity index (χ0v) is 16.0. The van der Waals surface area contributed by atoms with E-state index in [-0.39, 0.29) is 11.5 Å². The minimum Gasteiger partial charge on any atom is -0.450 e. The molecule has 3 rings (SSSR count). The number of fused-ring (bicyclic) bond motifs is 1. The maximum atomic E-state index is 11.7. The van der Waals surface area contributed by atoms with Gasteiger partial charge in [-0.2, -0.15) is 0 Å². The van der Waals surface area contributed by atoms with Gasteiger partial charge < -0.3 is 15.4 Å². The van der Waals surface area contributed by atoms with E-state index >= 15 is 0 Å². The van der Waals surface area contributed by atoms with E-state index in [1.54, 1.807) is 0 Å². The predicted molar refractivity (Wildman–Crippen MR) is 99.1 cm³/mol. The minimum absolute atomic E-state index is 0.224. The van der Waals surface area contributed by atoms with E-state index in [1.807, 2.05) is 0 Å². The third kappa shape index (κ3) is 4.51. The molecule has 1 aromatic rings. The fourth-order valence-corrected chi connectivity index (χ4v) is 3.76. The summed E-state index contributed by atoms with van der Waals surface area (Å²) < 4.78 is 6.32. The number of alkyl carbamates (subject to hydrolysis) is 1. The Bertz CT molecular complexity index is 587. The van der Waals surface area contributed by atoms with Crippen molar-refractivity contribution in [3.05, 3.63) is 33.8 Å². The summed E-state index contributed by atoms with van der Waals surface area (Å²) in [4.78, 5) is 11.7. The molecule has 0 aliphatic heterocycles. The molecule has 2 aliphatic rings. The maximum absolute atomic E-state index is 11.7. The summed E-state index contributed by atoms with van der Waals surface area (Å²) in [5.41, 5.74) is 3.10. The zero-order chi connectivity index (χ0) is 17.0. The maximum Gasteiger partial charge on any atom is 0.407 e. The summed E-state index contributed by atoms with van der Waals surface area (Å²) in [6, 6.07) is 7.03. The topological polar surface area (TPSA) is 50.4 Å². The third-order valence-corrected chi connectivity index (χ3v) is 5.70. The Kier molecular flexibility index (Phi) is 5.82.